The summed E-state index contributed by atoms with van der Waals surface area (Å²) in [5.41, 5.74) is 5.42. The second-order valence-corrected chi connectivity index (χ2v) is 5.07. The minimum absolute atomic E-state index is 0.181. The number of piperidine rings is 1. The van der Waals surface area contributed by atoms with Crippen LogP contribution >= 0.6 is 0 Å². The van der Waals surface area contributed by atoms with Gasteiger partial charge in [0.15, 0.2) is 0 Å². The maximum atomic E-state index is 12.3. The fourth-order valence-corrected chi connectivity index (χ4v) is 2.68. The quantitative estimate of drug-likeness (QED) is 0.790. The number of likely N-dealkylation sites (tertiary alicyclic amines) is 1. The summed E-state index contributed by atoms with van der Waals surface area (Å²) in [4.78, 5) is 14.3. The number of nitrogens with two attached hydrogens (primary N) is 1. The smallest absolute Gasteiger partial charge is 0.225 e. The number of ether oxygens (including phenoxy) is 2. The molecular weight excluding hydrogens is 232 g/mol. The van der Waals surface area contributed by atoms with Gasteiger partial charge in [-0.05, 0) is 25.7 Å². The maximum Gasteiger partial charge on any atom is 0.225 e. The Hall–Kier alpha value is -0.650. The van der Waals surface area contributed by atoms with Gasteiger partial charge in [0.1, 0.15) is 0 Å². The first-order valence-electron chi connectivity index (χ1n) is 6.99. The zero-order valence-electron chi connectivity index (χ0n) is 11.0. The number of hydrogen-bond donors (Lipinski definition) is 1. The minimum Gasteiger partial charge on any atom is -0.381 e. The molecule has 2 aliphatic rings. The molecule has 0 atom stereocenters. The summed E-state index contributed by atoms with van der Waals surface area (Å²) >= 11 is 0. The van der Waals surface area contributed by atoms with Gasteiger partial charge in [-0.25, -0.2) is 0 Å². The van der Waals surface area contributed by atoms with Crippen LogP contribution in [0.15, 0.2) is 0 Å². The summed E-state index contributed by atoms with van der Waals surface area (Å²) in [5, 5.41) is 0. The molecule has 0 radical (unpaired) electrons. The third kappa shape index (κ3) is 3.67. The molecule has 0 aliphatic carbocycles. The lowest BCUT2D eigenvalue weighted by molar-refractivity contribution is -0.141. The van der Waals surface area contributed by atoms with Crippen LogP contribution in [-0.4, -0.2) is 56.4 Å². The molecule has 18 heavy (non-hydrogen) atoms. The van der Waals surface area contributed by atoms with E-state index in [4.69, 9.17) is 15.2 Å². The summed E-state index contributed by atoms with van der Waals surface area (Å²) in [6, 6.07) is 0. The van der Waals surface area contributed by atoms with E-state index >= 15 is 0 Å². The Labute approximate surface area is 109 Å². The highest BCUT2D eigenvalue weighted by Gasteiger charge is 2.29. The second-order valence-electron chi connectivity index (χ2n) is 5.07. The summed E-state index contributed by atoms with van der Waals surface area (Å²) < 4.78 is 10.9. The van der Waals surface area contributed by atoms with Crippen LogP contribution < -0.4 is 5.73 Å². The molecule has 0 saturated carbocycles. The van der Waals surface area contributed by atoms with Gasteiger partial charge < -0.3 is 20.1 Å². The molecule has 2 aliphatic heterocycles. The topological polar surface area (TPSA) is 64.8 Å². The number of carbonyl (C=O) groups is 1. The normalized spacial score (nSPS) is 23.3. The van der Waals surface area contributed by atoms with E-state index in [0.717, 1.165) is 52.0 Å². The Morgan fingerprint density at radius 3 is 2.50 bits per heavy atom. The van der Waals surface area contributed by atoms with E-state index in [-0.39, 0.29) is 12.0 Å². The monoisotopic (exact) mass is 256 g/mol. The van der Waals surface area contributed by atoms with Gasteiger partial charge in [-0.2, -0.15) is 0 Å². The van der Waals surface area contributed by atoms with Crippen LogP contribution in [0, 0.1) is 5.92 Å². The van der Waals surface area contributed by atoms with E-state index in [9.17, 15) is 4.79 Å². The van der Waals surface area contributed by atoms with Crippen molar-refractivity contribution in [3.05, 3.63) is 0 Å². The van der Waals surface area contributed by atoms with Crippen LogP contribution in [0.5, 0.6) is 0 Å². The molecule has 2 fully saturated rings. The van der Waals surface area contributed by atoms with Crippen molar-refractivity contribution < 1.29 is 14.3 Å². The molecule has 2 saturated heterocycles. The number of amides is 1. The van der Waals surface area contributed by atoms with Gasteiger partial charge in [-0.15, -0.1) is 0 Å². The molecule has 5 heteroatoms. The standard InChI is InChI=1S/C13H24N2O3/c14-5-10-18-12-1-6-15(7-2-12)13(16)11-3-8-17-9-4-11/h11-12H,1-10,14H2. The number of rotatable bonds is 4. The number of hydrogen-bond acceptors (Lipinski definition) is 4. The minimum atomic E-state index is 0.181. The fourth-order valence-electron chi connectivity index (χ4n) is 2.68. The first-order chi connectivity index (χ1) is 8.81. The maximum absolute atomic E-state index is 12.3. The van der Waals surface area contributed by atoms with Gasteiger partial charge in [0.25, 0.3) is 0 Å². The van der Waals surface area contributed by atoms with Crippen LogP contribution in [0.4, 0.5) is 0 Å². The third-order valence-electron chi connectivity index (χ3n) is 3.80. The average molecular weight is 256 g/mol. The van der Waals surface area contributed by atoms with E-state index in [1.807, 2.05) is 4.90 Å². The molecule has 2 N–H and O–H groups in total. The van der Waals surface area contributed by atoms with Crippen LogP contribution in [0.1, 0.15) is 25.7 Å². The average Bonchev–Trinajstić information content (AvgIpc) is 2.46. The Bertz CT molecular complexity index is 259. The van der Waals surface area contributed by atoms with Crippen LogP contribution in [-0.2, 0) is 14.3 Å². The number of carbonyl (C=O) groups excluding carboxylic acids is 1. The summed E-state index contributed by atoms with van der Waals surface area (Å²) in [5.74, 6) is 0.496. The molecule has 0 aromatic rings. The third-order valence-corrected chi connectivity index (χ3v) is 3.80. The predicted molar refractivity (Wildman–Crippen MR) is 68.2 cm³/mol. The molecule has 0 spiro atoms. The van der Waals surface area contributed by atoms with Crippen LogP contribution in [0.2, 0.25) is 0 Å². The van der Waals surface area contributed by atoms with Crippen LogP contribution in [0.25, 0.3) is 0 Å². The van der Waals surface area contributed by atoms with Crippen molar-refractivity contribution in [2.24, 2.45) is 11.7 Å². The van der Waals surface area contributed by atoms with Crippen molar-refractivity contribution in [2.45, 2.75) is 31.8 Å². The van der Waals surface area contributed by atoms with E-state index < -0.39 is 0 Å². The molecule has 0 bridgehead atoms. The van der Waals surface area contributed by atoms with Crippen LogP contribution in [0.3, 0.4) is 0 Å². The van der Waals surface area contributed by atoms with Crippen molar-refractivity contribution in [2.75, 3.05) is 39.5 Å². The Kier molecular flexibility index (Phi) is 5.41. The zero-order chi connectivity index (χ0) is 12.8. The van der Waals surface area contributed by atoms with Crippen molar-refractivity contribution in [1.82, 2.24) is 4.90 Å². The van der Waals surface area contributed by atoms with E-state index in [2.05, 4.69) is 0 Å². The van der Waals surface area contributed by atoms with Gasteiger partial charge in [-0.1, -0.05) is 0 Å². The highest BCUT2D eigenvalue weighted by molar-refractivity contribution is 5.79. The van der Waals surface area contributed by atoms with Gasteiger partial charge in [0.2, 0.25) is 5.91 Å². The molecule has 0 unspecified atom stereocenters. The van der Waals surface area contributed by atoms with E-state index in [1.165, 1.54) is 0 Å². The first-order valence-corrected chi connectivity index (χ1v) is 6.99. The zero-order valence-corrected chi connectivity index (χ0v) is 11.0. The summed E-state index contributed by atoms with van der Waals surface area (Å²) in [7, 11) is 0. The lowest BCUT2D eigenvalue weighted by Gasteiger charge is -2.35. The Morgan fingerprint density at radius 2 is 1.89 bits per heavy atom. The van der Waals surface area contributed by atoms with E-state index in [1.54, 1.807) is 0 Å². The second kappa shape index (κ2) is 7.07. The molecule has 0 aromatic carbocycles. The molecule has 2 heterocycles. The van der Waals surface area contributed by atoms with E-state index in [0.29, 0.717) is 19.1 Å². The lowest BCUT2D eigenvalue weighted by atomic mass is 9.97. The van der Waals surface area contributed by atoms with Gasteiger partial charge in [0.05, 0.1) is 12.7 Å². The summed E-state index contributed by atoms with van der Waals surface area (Å²) in [6.45, 7) is 4.30. The Morgan fingerprint density at radius 1 is 1.22 bits per heavy atom. The largest absolute Gasteiger partial charge is 0.381 e. The molecule has 1 amide bonds. The predicted octanol–water partition coefficient (Wildman–Crippen LogP) is 0.379. The summed E-state index contributed by atoms with van der Waals surface area (Å²) in [6.07, 6.45) is 3.92. The molecular formula is C13H24N2O3. The first kappa shape index (κ1) is 13.8. The SMILES string of the molecule is NCCOC1CCN(C(=O)C2CCOCC2)CC1. The van der Waals surface area contributed by atoms with Gasteiger partial charge in [-0.3, -0.25) is 4.79 Å². The molecule has 2 rings (SSSR count). The fraction of sp³-hybridized carbons (Fsp3) is 0.923. The van der Waals surface area contributed by atoms with Crippen molar-refractivity contribution in [1.29, 1.82) is 0 Å². The van der Waals surface area contributed by atoms with Crippen molar-refractivity contribution in [3.8, 4) is 0 Å². The molecule has 104 valence electrons. The van der Waals surface area contributed by atoms with Gasteiger partial charge >= 0.3 is 0 Å². The highest BCUT2D eigenvalue weighted by atomic mass is 16.5. The van der Waals surface area contributed by atoms with Gasteiger partial charge in [0, 0.05) is 38.8 Å². The molecule has 0 aromatic heterocycles. The lowest BCUT2D eigenvalue weighted by Crippen LogP contribution is -2.44. The van der Waals surface area contributed by atoms with Crippen molar-refractivity contribution in [3.63, 3.8) is 0 Å². The highest BCUT2D eigenvalue weighted by Crippen LogP contribution is 2.21. The molecule has 5 nitrogen and oxygen atoms in total. The number of nitrogens with zero attached hydrogens (tertiary/aromatic N) is 1. The van der Waals surface area contributed by atoms with Crippen molar-refractivity contribution >= 4 is 5.91 Å². The Balaban J connectivity index is 1.73.